The second-order valence-electron chi connectivity index (χ2n) is 4.26. The Morgan fingerprint density at radius 1 is 1.22 bits per heavy atom. The predicted molar refractivity (Wildman–Crippen MR) is 73.4 cm³/mol. The molecule has 0 radical (unpaired) electrons. The Kier molecular flexibility index (Phi) is 3.30. The van der Waals surface area contributed by atoms with Crippen molar-refractivity contribution in [3.63, 3.8) is 0 Å². The van der Waals surface area contributed by atoms with Gasteiger partial charge in [0.15, 0.2) is 0 Å². The van der Waals surface area contributed by atoms with E-state index < -0.39 is 0 Å². The Hall–Kier alpha value is -1.39. The van der Waals surface area contributed by atoms with E-state index >= 15 is 0 Å². The quantitative estimate of drug-likeness (QED) is 0.822. The van der Waals surface area contributed by atoms with Crippen LogP contribution in [0.15, 0.2) is 23.2 Å². The summed E-state index contributed by atoms with van der Waals surface area (Å²) in [4.78, 5) is 11.1. The minimum atomic E-state index is 0.699. The zero-order valence-corrected chi connectivity index (χ0v) is 10.7. The van der Waals surface area contributed by atoms with Crippen LogP contribution in [0.5, 0.6) is 0 Å². The molecule has 18 heavy (non-hydrogen) atoms. The van der Waals surface area contributed by atoms with Crippen molar-refractivity contribution >= 4 is 29.3 Å². The van der Waals surface area contributed by atoms with Gasteiger partial charge in [0.05, 0.1) is 24.6 Å². The molecule has 1 saturated heterocycles. The topological polar surface area (TPSA) is 37.7 Å². The van der Waals surface area contributed by atoms with Crippen LogP contribution in [0.25, 0.3) is 5.70 Å². The summed E-state index contributed by atoms with van der Waals surface area (Å²) < 4.78 is 5.34. The lowest BCUT2D eigenvalue weighted by atomic mass is 10.2. The van der Waals surface area contributed by atoms with Gasteiger partial charge < -0.3 is 9.64 Å². The highest BCUT2D eigenvalue weighted by Gasteiger charge is 2.15. The fourth-order valence-electron chi connectivity index (χ4n) is 2.11. The molecular formula is C13H14ClN3O. The minimum absolute atomic E-state index is 0.699. The van der Waals surface area contributed by atoms with E-state index in [1.54, 1.807) is 0 Å². The van der Waals surface area contributed by atoms with Crippen molar-refractivity contribution in [2.45, 2.75) is 6.42 Å². The molecule has 0 amide bonds. The molecule has 0 aliphatic carbocycles. The number of nitrogens with zero attached hydrogens (tertiary/aromatic N) is 3. The van der Waals surface area contributed by atoms with E-state index in [1.807, 2.05) is 18.3 Å². The van der Waals surface area contributed by atoms with Gasteiger partial charge in [-0.1, -0.05) is 17.7 Å². The van der Waals surface area contributed by atoms with Crippen LogP contribution in [-0.4, -0.2) is 37.5 Å². The maximum atomic E-state index is 6.17. The molecule has 0 spiro atoms. The highest BCUT2D eigenvalue weighted by Crippen LogP contribution is 2.25. The first-order valence-electron chi connectivity index (χ1n) is 6.06. The third-order valence-electron chi connectivity index (χ3n) is 3.02. The van der Waals surface area contributed by atoms with Crippen LogP contribution in [0.2, 0.25) is 5.02 Å². The molecule has 0 bridgehead atoms. The summed E-state index contributed by atoms with van der Waals surface area (Å²) in [6.07, 6.45) is 4.81. The monoisotopic (exact) mass is 263 g/mol. The molecule has 0 N–H and O–H groups in total. The van der Waals surface area contributed by atoms with Crippen LogP contribution in [0.4, 0.5) is 5.82 Å². The summed E-state index contributed by atoms with van der Waals surface area (Å²) >= 11 is 6.17. The van der Waals surface area contributed by atoms with Gasteiger partial charge in [-0.3, -0.25) is 4.99 Å². The van der Waals surface area contributed by atoms with E-state index in [0.29, 0.717) is 5.02 Å². The van der Waals surface area contributed by atoms with Gasteiger partial charge in [0, 0.05) is 30.7 Å². The number of rotatable bonds is 2. The first kappa shape index (κ1) is 11.7. The van der Waals surface area contributed by atoms with Crippen molar-refractivity contribution in [1.82, 2.24) is 4.98 Å². The van der Waals surface area contributed by atoms with Gasteiger partial charge >= 0.3 is 0 Å². The van der Waals surface area contributed by atoms with Crippen LogP contribution in [0, 0.1) is 0 Å². The van der Waals surface area contributed by atoms with Crippen molar-refractivity contribution < 1.29 is 4.74 Å². The fourth-order valence-corrected chi connectivity index (χ4v) is 2.31. The Balaban J connectivity index is 1.92. The molecule has 5 heteroatoms. The van der Waals surface area contributed by atoms with Gasteiger partial charge in [-0.15, -0.1) is 0 Å². The average molecular weight is 264 g/mol. The standard InChI is InChI=1S/C13H14ClN3O/c14-10-8-12(11-2-1-3-15-11)16-13(9-10)17-4-6-18-7-5-17/h2-3,8-9H,1,4-7H2. The molecule has 1 aromatic heterocycles. The zero-order valence-electron chi connectivity index (χ0n) is 9.97. The maximum absolute atomic E-state index is 6.17. The molecule has 1 fully saturated rings. The van der Waals surface area contributed by atoms with E-state index in [2.05, 4.69) is 21.0 Å². The molecule has 4 nitrogen and oxygen atoms in total. The molecule has 3 rings (SSSR count). The maximum Gasteiger partial charge on any atom is 0.130 e. The van der Waals surface area contributed by atoms with Gasteiger partial charge in [-0.05, 0) is 12.1 Å². The second kappa shape index (κ2) is 5.08. The van der Waals surface area contributed by atoms with Crippen molar-refractivity contribution in [3.05, 3.63) is 28.9 Å². The van der Waals surface area contributed by atoms with E-state index in [0.717, 1.165) is 49.9 Å². The molecule has 3 heterocycles. The number of pyridine rings is 1. The molecule has 2 aliphatic rings. The first-order chi connectivity index (χ1) is 8.83. The van der Waals surface area contributed by atoms with Gasteiger partial charge in [-0.25, -0.2) is 4.98 Å². The first-order valence-corrected chi connectivity index (χ1v) is 6.44. The summed E-state index contributed by atoms with van der Waals surface area (Å²) in [6.45, 7) is 3.19. The number of hydrogen-bond donors (Lipinski definition) is 0. The third kappa shape index (κ3) is 2.40. The molecular weight excluding hydrogens is 250 g/mol. The molecule has 0 aromatic carbocycles. The Labute approximate surface area is 111 Å². The normalized spacial score (nSPS) is 19.2. The lowest BCUT2D eigenvalue weighted by molar-refractivity contribution is 0.122. The van der Waals surface area contributed by atoms with Crippen LogP contribution in [0.1, 0.15) is 12.1 Å². The molecule has 94 valence electrons. The van der Waals surface area contributed by atoms with E-state index in [9.17, 15) is 0 Å². The van der Waals surface area contributed by atoms with E-state index in [-0.39, 0.29) is 0 Å². The lowest BCUT2D eigenvalue weighted by Gasteiger charge is -2.28. The zero-order chi connectivity index (χ0) is 12.4. The SMILES string of the molecule is Clc1cc(C2=CCC=N2)nc(N2CCOCC2)c1. The van der Waals surface area contributed by atoms with Crippen molar-refractivity contribution in [3.8, 4) is 0 Å². The molecule has 0 unspecified atom stereocenters. The third-order valence-corrected chi connectivity index (χ3v) is 3.24. The summed E-state index contributed by atoms with van der Waals surface area (Å²) in [7, 11) is 0. The number of ether oxygens (including phenoxy) is 1. The summed E-state index contributed by atoms with van der Waals surface area (Å²) in [5.74, 6) is 0.906. The Bertz CT molecular complexity index is 507. The largest absolute Gasteiger partial charge is 0.378 e. The smallest absolute Gasteiger partial charge is 0.130 e. The number of aliphatic imine (C=N–C) groups is 1. The lowest BCUT2D eigenvalue weighted by Crippen LogP contribution is -2.36. The van der Waals surface area contributed by atoms with Crippen molar-refractivity contribution in [2.24, 2.45) is 4.99 Å². The molecule has 0 saturated carbocycles. The van der Waals surface area contributed by atoms with Crippen LogP contribution < -0.4 is 4.90 Å². The van der Waals surface area contributed by atoms with E-state index in [4.69, 9.17) is 16.3 Å². The average Bonchev–Trinajstić information content (AvgIpc) is 2.93. The molecule has 0 atom stereocenters. The van der Waals surface area contributed by atoms with Crippen molar-refractivity contribution in [1.29, 1.82) is 0 Å². The summed E-state index contributed by atoms with van der Waals surface area (Å²) in [5.41, 5.74) is 1.75. The summed E-state index contributed by atoms with van der Waals surface area (Å²) in [5, 5.41) is 0.699. The Morgan fingerprint density at radius 2 is 2.06 bits per heavy atom. The number of aromatic nitrogens is 1. The van der Waals surface area contributed by atoms with Gasteiger partial charge in [-0.2, -0.15) is 0 Å². The summed E-state index contributed by atoms with van der Waals surface area (Å²) in [6, 6.07) is 3.76. The highest BCUT2D eigenvalue weighted by atomic mass is 35.5. The minimum Gasteiger partial charge on any atom is -0.378 e. The predicted octanol–water partition coefficient (Wildman–Crippen LogP) is 2.39. The molecule has 2 aliphatic heterocycles. The number of hydrogen-bond acceptors (Lipinski definition) is 4. The highest BCUT2D eigenvalue weighted by molar-refractivity contribution is 6.31. The number of allylic oxidation sites excluding steroid dienone is 1. The fraction of sp³-hybridized carbons (Fsp3) is 0.385. The van der Waals surface area contributed by atoms with E-state index in [1.165, 1.54) is 0 Å². The van der Waals surface area contributed by atoms with Crippen LogP contribution in [0.3, 0.4) is 0 Å². The molecule has 1 aromatic rings. The van der Waals surface area contributed by atoms with Crippen LogP contribution in [-0.2, 0) is 4.74 Å². The van der Waals surface area contributed by atoms with Crippen LogP contribution >= 0.6 is 11.6 Å². The van der Waals surface area contributed by atoms with Crippen molar-refractivity contribution in [2.75, 3.05) is 31.2 Å². The van der Waals surface area contributed by atoms with Gasteiger partial charge in [0.25, 0.3) is 0 Å². The van der Waals surface area contributed by atoms with Gasteiger partial charge in [0.1, 0.15) is 5.82 Å². The number of morpholine rings is 1. The second-order valence-corrected chi connectivity index (χ2v) is 4.70. The number of anilines is 1. The number of halogens is 1. The van der Waals surface area contributed by atoms with Gasteiger partial charge in [0.2, 0.25) is 0 Å². The Morgan fingerprint density at radius 3 is 2.78 bits per heavy atom.